The van der Waals surface area contributed by atoms with Gasteiger partial charge in [0.2, 0.25) is 0 Å². The number of nitriles is 1. The topological polar surface area (TPSA) is 67.4 Å². The Morgan fingerprint density at radius 2 is 1.50 bits per heavy atom. The van der Waals surface area contributed by atoms with E-state index in [9.17, 15) is 31.6 Å². The molecule has 5 nitrogen and oxygen atoms in total. The molecule has 32 heavy (non-hydrogen) atoms. The first-order chi connectivity index (χ1) is 15.1. The summed E-state index contributed by atoms with van der Waals surface area (Å²) in [6.45, 7) is 0. The number of thiazole rings is 1. The number of hydrogen-bond donors (Lipinski definition) is 0. The largest absolute Gasteiger partial charge is 0.416 e. The number of nitrogens with zero attached hydrogens (tertiary/aromatic N) is 5. The van der Waals surface area contributed by atoms with Crippen molar-refractivity contribution in [1.29, 1.82) is 5.26 Å². The Labute approximate surface area is 180 Å². The lowest BCUT2D eigenvalue weighted by atomic mass is 10.0. The third-order valence-corrected chi connectivity index (χ3v) is 5.28. The molecule has 12 heteroatoms. The maximum absolute atomic E-state index is 13.1. The molecule has 0 N–H and O–H groups in total. The summed E-state index contributed by atoms with van der Waals surface area (Å²) in [5, 5.41) is 13.9. The minimum atomic E-state index is -4.99. The van der Waals surface area contributed by atoms with E-state index in [0.717, 1.165) is 27.9 Å². The van der Waals surface area contributed by atoms with Crippen LogP contribution in [0, 0.1) is 11.3 Å². The third-order valence-electron chi connectivity index (χ3n) is 4.29. The molecule has 0 aliphatic carbocycles. The van der Waals surface area contributed by atoms with E-state index in [-0.39, 0.29) is 22.6 Å². The van der Waals surface area contributed by atoms with Gasteiger partial charge in [0.25, 0.3) is 0 Å². The Bertz CT molecular complexity index is 1280. The van der Waals surface area contributed by atoms with Gasteiger partial charge in [0.15, 0.2) is 16.5 Å². The SMILES string of the molecule is N#Cc1sc(-c2ccccc2)nc1-n1cnc(-c2cc(C(F)(F)F)cc(C(F)(F)F)c2)n1. The third kappa shape index (κ3) is 4.19. The van der Waals surface area contributed by atoms with Crippen LogP contribution >= 0.6 is 11.3 Å². The highest BCUT2D eigenvalue weighted by Gasteiger charge is 2.37. The van der Waals surface area contributed by atoms with Gasteiger partial charge in [-0.15, -0.1) is 16.4 Å². The molecule has 0 atom stereocenters. The van der Waals surface area contributed by atoms with Crippen LogP contribution in [-0.2, 0) is 12.4 Å². The van der Waals surface area contributed by atoms with Crippen molar-refractivity contribution in [1.82, 2.24) is 19.7 Å². The summed E-state index contributed by atoms with van der Waals surface area (Å²) >= 11 is 1.07. The molecule has 4 rings (SSSR count). The first-order valence-electron chi connectivity index (χ1n) is 8.74. The average molecular weight is 465 g/mol. The van der Waals surface area contributed by atoms with Gasteiger partial charge >= 0.3 is 12.4 Å². The summed E-state index contributed by atoms with van der Waals surface area (Å²) in [4.78, 5) is 8.33. The molecule has 0 unspecified atom stereocenters. The fourth-order valence-electron chi connectivity index (χ4n) is 2.83. The minimum absolute atomic E-state index is 0.0286. The molecule has 0 bridgehead atoms. The Kier molecular flexibility index (Phi) is 5.21. The van der Waals surface area contributed by atoms with E-state index in [1.807, 2.05) is 6.07 Å². The maximum atomic E-state index is 13.1. The van der Waals surface area contributed by atoms with Crippen LogP contribution in [0.1, 0.15) is 16.0 Å². The molecule has 0 saturated carbocycles. The van der Waals surface area contributed by atoms with Crippen molar-refractivity contribution in [3.63, 3.8) is 0 Å². The number of rotatable bonds is 3. The molecular weight excluding hydrogens is 456 g/mol. The van der Waals surface area contributed by atoms with E-state index in [2.05, 4.69) is 15.1 Å². The molecule has 0 fully saturated rings. The molecule has 0 radical (unpaired) electrons. The Morgan fingerprint density at radius 3 is 2.06 bits per heavy atom. The predicted molar refractivity (Wildman–Crippen MR) is 103 cm³/mol. The standard InChI is InChI=1S/C20H9F6N5S/c21-19(22,23)13-6-12(7-14(8-13)20(24,25)26)16-28-10-31(30-16)17-15(9-27)32-18(29-17)11-4-2-1-3-5-11/h1-8,10H. The summed E-state index contributed by atoms with van der Waals surface area (Å²) < 4.78 is 79.8. The van der Waals surface area contributed by atoms with Crippen LogP contribution in [0.4, 0.5) is 26.3 Å². The second-order valence-corrected chi connectivity index (χ2v) is 7.46. The predicted octanol–water partition coefficient (Wildman–Crippen LogP) is 5.97. The summed E-state index contributed by atoms with van der Waals surface area (Å²) in [5.74, 6) is -0.308. The average Bonchev–Trinajstić information content (AvgIpc) is 3.40. The van der Waals surface area contributed by atoms with Crippen molar-refractivity contribution >= 4 is 11.3 Å². The normalized spacial score (nSPS) is 12.0. The van der Waals surface area contributed by atoms with Gasteiger partial charge in [0.05, 0.1) is 11.1 Å². The second kappa shape index (κ2) is 7.76. The number of aromatic nitrogens is 4. The van der Waals surface area contributed by atoms with Gasteiger partial charge in [0, 0.05) is 11.1 Å². The quantitative estimate of drug-likeness (QED) is 0.350. The van der Waals surface area contributed by atoms with E-state index >= 15 is 0 Å². The van der Waals surface area contributed by atoms with Crippen LogP contribution in [0.25, 0.3) is 27.8 Å². The van der Waals surface area contributed by atoms with E-state index in [4.69, 9.17) is 0 Å². The van der Waals surface area contributed by atoms with Crippen LogP contribution in [0.2, 0.25) is 0 Å². The van der Waals surface area contributed by atoms with Crippen LogP contribution < -0.4 is 0 Å². The van der Waals surface area contributed by atoms with Crippen LogP contribution in [0.15, 0.2) is 54.9 Å². The Hall–Kier alpha value is -3.72. The number of hydrogen-bond acceptors (Lipinski definition) is 5. The molecule has 0 aliphatic heterocycles. The van der Waals surface area contributed by atoms with Crippen molar-refractivity contribution in [2.45, 2.75) is 12.4 Å². The minimum Gasteiger partial charge on any atom is -0.215 e. The first-order valence-corrected chi connectivity index (χ1v) is 9.56. The van der Waals surface area contributed by atoms with Crippen LogP contribution in [0.3, 0.4) is 0 Å². The fourth-order valence-corrected chi connectivity index (χ4v) is 3.68. The fraction of sp³-hybridized carbons (Fsp3) is 0.100. The van der Waals surface area contributed by atoms with Crippen molar-refractivity contribution in [2.75, 3.05) is 0 Å². The van der Waals surface area contributed by atoms with Gasteiger partial charge < -0.3 is 0 Å². The zero-order chi connectivity index (χ0) is 23.1. The molecule has 2 aromatic heterocycles. The van der Waals surface area contributed by atoms with Crippen molar-refractivity contribution in [3.8, 4) is 33.8 Å². The molecule has 2 heterocycles. The number of benzene rings is 2. The van der Waals surface area contributed by atoms with Gasteiger partial charge in [-0.25, -0.2) is 9.97 Å². The van der Waals surface area contributed by atoms with Crippen LogP contribution in [0.5, 0.6) is 0 Å². The Morgan fingerprint density at radius 1 is 0.875 bits per heavy atom. The molecule has 0 spiro atoms. The smallest absolute Gasteiger partial charge is 0.215 e. The summed E-state index contributed by atoms with van der Waals surface area (Å²) in [5.41, 5.74) is -2.69. The highest BCUT2D eigenvalue weighted by molar-refractivity contribution is 7.15. The molecule has 0 amide bonds. The van der Waals surface area contributed by atoms with E-state index in [1.165, 1.54) is 0 Å². The van der Waals surface area contributed by atoms with E-state index < -0.39 is 29.0 Å². The molecule has 162 valence electrons. The molecule has 0 saturated heterocycles. The molecule has 2 aromatic carbocycles. The molecular formula is C20H9F6N5S. The lowest BCUT2D eigenvalue weighted by Crippen LogP contribution is -2.11. The van der Waals surface area contributed by atoms with Gasteiger partial charge in [0.1, 0.15) is 17.4 Å². The monoisotopic (exact) mass is 465 g/mol. The van der Waals surface area contributed by atoms with Crippen molar-refractivity contribution in [3.05, 3.63) is 70.9 Å². The molecule has 0 aliphatic rings. The zero-order valence-corrected chi connectivity index (χ0v) is 16.4. The highest BCUT2D eigenvalue weighted by atomic mass is 32.1. The van der Waals surface area contributed by atoms with Gasteiger partial charge in [-0.05, 0) is 18.2 Å². The first kappa shape index (κ1) is 21.5. The molecule has 4 aromatic rings. The Balaban J connectivity index is 1.79. The lowest BCUT2D eigenvalue weighted by molar-refractivity contribution is -0.143. The summed E-state index contributed by atoms with van der Waals surface area (Å²) in [6, 6.07) is 12.0. The van der Waals surface area contributed by atoms with Gasteiger partial charge in [-0.2, -0.15) is 36.3 Å². The van der Waals surface area contributed by atoms with Crippen LogP contribution in [-0.4, -0.2) is 19.7 Å². The highest BCUT2D eigenvalue weighted by Crippen LogP contribution is 2.38. The summed E-state index contributed by atoms with van der Waals surface area (Å²) in [6.07, 6.45) is -8.91. The second-order valence-electron chi connectivity index (χ2n) is 6.46. The maximum Gasteiger partial charge on any atom is 0.416 e. The lowest BCUT2D eigenvalue weighted by Gasteiger charge is -2.13. The van der Waals surface area contributed by atoms with Crippen molar-refractivity contribution < 1.29 is 26.3 Å². The van der Waals surface area contributed by atoms with E-state index in [1.54, 1.807) is 30.3 Å². The number of alkyl halides is 6. The van der Waals surface area contributed by atoms with E-state index in [0.29, 0.717) is 17.1 Å². The number of halogens is 6. The summed E-state index contributed by atoms with van der Waals surface area (Å²) in [7, 11) is 0. The zero-order valence-electron chi connectivity index (χ0n) is 15.6. The van der Waals surface area contributed by atoms with Crippen molar-refractivity contribution in [2.24, 2.45) is 0 Å². The van der Waals surface area contributed by atoms with Gasteiger partial charge in [-0.3, -0.25) is 0 Å². The van der Waals surface area contributed by atoms with Gasteiger partial charge in [-0.1, -0.05) is 30.3 Å².